The van der Waals surface area contributed by atoms with Gasteiger partial charge in [-0.25, -0.2) is 44.4 Å². The predicted octanol–water partition coefficient (Wildman–Crippen LogP) is 11.7. The van der Waals surface area contributed by atoms with E-state index in [9.17, 15) is 35.2 Å². The van der Waals surface area contributed by atoms with E-state index in [0.29, 0.717) is 84.2 Å². The van der Waals surface area contributed by atoms with E-state index in [1.165, 1.54) is 64.7 Å². The van der Waals surface area contributed by atoms with Crippen LogP contribution in [-0.4, -0.2) is 98.4 Å². The number of nitrogens with zero attached hydrogens (tertiary/aromatic N) is 8. The Morgan fingerprint density at radius 1 is 0.600 bits per heavy atom. The molecule has 0 spiro atoms. The molecule has 2 N–H and O–H groups in total. The van der Waals surface area contributed by atoms with E-state index >= 15 is 8.78 Å². The molecule has 14 rings (SSSR count). The number of pyridine rings is 4. The largest absolute Gasteiger partial charge is 0.470 e. The molecule has 4 aromatic carbocycles. The molecule has 12 aromatic rings. The number of fused-ring (bicyclic) bond motifs is 12. The number of sulfonamides is 2. The normalized spacial score (nSPS) is 12.8. The summed E-state index contributed by atoms with van der Waals surface area (Å²) in [5, 5.41) is 6.52. The van der Waals surface area contributed by atoms with Gasteiger partial charge in [0.15, 0.2) is 13.5 Å². The predicted molar refractivity (Wildman–Crippen MR) is 329 cm³/mol. The monoisotopic (exact) mass is 1260 g/mol. The Hall–Kier alpha value is -10.6. The van der Waals surface area contributed by atoms with Crippen LogP contribution in [-0.2, 0) is 39.9 Å². The molecular weight excluding hydrogens is 1210 g/mol. The number of hydrogen-bond donors (Lipinski definition) is 2. The number of furan rings is 2. The zero-order valence-electron chi connectivity index (χ0n) is 48.3. The zero-order valence-corrected chi connectivity index (χ0v) is 49.9. The Labute approximate surface area is 509 Å². The lowest BCUT2D eigenvalue weighted by atomic mass is 10.0. The van der Waals surface area contributed by atoms with E-state index in [0.717, 1.165) is 33.4 Å². The van der Waals surface area contributed by atoms with E-state index in [2.05, 4.69) is 15.6 Å². The maximum Gasteiger partial charge on any atom is 0.280 e. The van der Waals surface area contributed by atoms with Gasteiger partial charge in [0.1, 0.15) is 62.9 Å². The van der Waals surface area contributed by atoms with Crippen LogP contribution in [0.1, 0.15) is 44.1 Å². The van der Waals surface area contributed by atoms with E-state index in [4.69, 9.17) is 33.3 Å². The lowest BCUT2D eigenvalue weighted by molar-refractivity contribution is 0.0956. The summed E-state index contributed by atoms with van der Waals surface area (Å²) in [7, 11) is -2.20. The topological polar surface area (TPSA) is 239 Å². The molecule has 0 atom stereocenters. The van der Waals surface area contributed by atoms with Gasteiger partial charge in [-0.1, -0.05) is 6.07 Å². The molecule has 8 aromatic heterocycles. The van der Waals surface area contributed by atoms with Crippen LogP contribution in [0.3, 0.4) is 0 Å². The number of carbonyl (C=O) groups excluding carboxylic acids is 2. The van der Waals surface area contributed by atoms with Gasteiger partial charge in [-0.2, -0.15) is 0 Å². The van der Waals surface area contributed by atoms with Gasteiger partial charge in [0.05, 0.1) is 68.8 Å². The molecule has 90 heavy (non-hydrogen) atoms. The third kappa shape index (κ3) is 9.39. The number of alkyl halides is 2. The van der Waals surface area contributed by atoms with E-state index in [-0.39, 0.29) is 92.7 Å². The van der Waals surface area contributed by atoms with Gasteiger partial charge in [0.2, 0.25) is 20.0 Å². The lowest BCUT2D eigenvalue weighted by Crippen LogP contribution is -2.25. The molecule has 20 nitrogen and oxygen atoms in total. The lowest BCUT2D eigenvalue weighted by Gasteiger charge is -2.23. The summed E-state index contributed by atoms with van der Waals surface area (Å²) in [4.78, 5) is 46.2. The highest BCUT2D eigenvalue weighted by Gasteiger charge is 2.32. The Morgan fingerprint density at radius 3 is 1.59 bits per heavy atom. The van der Waals surface area contributed by atoms with Crippen molar-refractivity contribution in [2.45, 2.75) is 26.3 Å². The first-order valence-corrected chi connectivity index (χ1v) is 31.4. The Bertz CT molecular complexity index is 5300. The third-order valence-electron chi connectivity index (χ3n) is 16.3. The second-order valence-corrected chi connectivity index (χ2v) is 25.7. The molecule has 2 aliphatic rings. The maximum absolute atomic E-state index is 16.5. The van der Waals surface area contributed by atoms with Gasteiger partial charge in [-0.15, -0.1) is 0 Å². The smallest absolute Gasteiger partial charge is 0.280 e. The number of anilines is 2. The van der Waals surface area contributed by atoms with Gasteiger partial charge < -0.3 is 38.1 Å². The number of carbonyl (C=O) groups is 2. The van der Waals surface area contributed by atoms with Gasteiger partial charge in [0, 0.05) is 109 Å². The van der Waals surface area contributed by atoms with Crippen LogP contribution >= 0.6 is 0 Å². The minimum Gasteiger partial charge on any atom is -0.470 e. The second-order valence-electron chi connectivity index (χ2n) is 21.7. The molecule has 0 unspecified atom stereocenters. The number of halogens is 4. The summed E-state index contributed by atoms with van der Waals surface area (Å²) in [6, 6.07) is 30.1. The van der Waals surface area contributed by atoms with Crippen molar-refractivity contribution >= 4 is 87.0 Å². The molecule has 10 heterocycles. The highest BCUT2D eigenvalue weighted by Crippen LogP contribution is 2.47. The van der Waals surface area contributed by atoms with Crippen LogP contribution in [0, 0.1) is 11.6 Å². The van der Waals surface area contributed by atoms with Gasteiger partial charge in [-0.3, -0.25) is 28.2 Å². The van der Waals surface area contributed by atoms with E-state index < -0.39 is 55.6 Å². The molecular formula is C64H48F4N10O10S2. The number of rotatable bonds is 13. The first kappa shape index (κ1) is 57.2. The van der Waals surface area contributed by atoms with E-state index in [1.807, 2.05) is 6.07 Å². The van der Waals surface area contributed by atoms with Crippen molar-refractivity contribution in [3.05, 3.63) is 167 Å². The van der Waals surface area contributed by atoms with Crippen LogP contribution in [0.25, 0.3) is 112 Å². The highest BCUT2D eigenvalue weighted by molar-refractivity contribution is 7.92. The summed E-state index contributed by atoms with van der Waals surface area (Å²) < 4.78 is 142. The van der Waals surface area contributed by atoms with Crippen molar-refractivity contribution in [2.75, 3.05) is 49.3 Å². The van der Waals surface area contributed by atoms with Gasteiger partial charge in [-0.05, 0) is 103 Å². The zero-order chi connectivity index (χ0) is 63.0. The van der Waals surface area contributed by atoms with Crippen LogP contribution in [0.2, 0.25) is 0 Å². The second kappa shape index (κ2) is 21.0. The Balaban J connectivity index is 0.804. The number of nitrogens with one attached hydrogen (secondary N) is 2. The summed E-state index contributed by atoms with van der Waals surface area (Å²) in [6.07, 6.45) is 2.07. The number of ether oxygens (including phenoxy) is 2. The average molecular weight is 1260 g/mol. The molecule has 2 aliphatic heterocycles. The number of benzene rings is 4. The van der Waals surface area contributed by atoms with Crippen molar-refractivity contribution in [2.24, 2.45) is 0 Å². The standard InChI is InChI=1S/C64H48F4N10O10S2/c1-69-63(79)56-39-21-37(43-14-16-52-58(73-43)50-23-35-41(65)8-7-9-46(35)77(50)29-85-52)47(75(3)89(5,81)82)25-54(39)87-60(56)32-10-12-34(71-27-32)18-31-19-42(66)36-24-51-59-53(86-30-78(51)49(36)20-31)17-15-44(74-59)38-22-40-55(26-48(38)76(4)90(6,83)84)88-61(57(40)64(80)70-2)33-11-13-45(62(67)68)72-28-33/h7-17,19-28,62H,18,29-30H2,1-6H3,(H,69,79)(H,70,80). The van der Waals surface area contributed by atoms with E-state index in [1.54, 1.807) is 81.9 Å². The van der Waals surface area contributed by atoms with Gasteiger partial charge in [0.25, 0.3) is 18.2 Å². The third-order valence-corrected chi connectivity index (χ3v) is 18.7. The Morgan fingerprint density at radius 2 is 1.11 bits per heavy atom. The van der Waals surface area contributed by atoms with Gasteiger partial charge >= 0.3 is 0 Å². The summed E-state index contributed by atoms with van der Waals surface area (Å²) in [6.45, 7) is 0.0886. The summed E-state index contributed by atoms with van der Waals surface area (Å²) in [5.41, 5.74) is 5.99. The number of aromatic nitrogens is 6. The summed E-state index contributed by atoms with van der Waals surface area (Å²) in [5.74, 6) is -1.12. The molecule has 454 valence electrons. The Kier molecular flexibility index (Phi) is 13.4. The molecule has 0 saturated heterocycles. The number of hydrogen-bond acceptors (Lipinski definition) is 14. The average Bonchev–Trinajstić information content (AvgIpc) is 1.56. The van der Waals surface area contributed by atoms with Crippen molar-refractivity contribution in [1.29, 1.82) is 0 Å². The van der Waals surface area contributed by atoms with Crippen LogP contribution < -0.4 is 28.7 Å². The quantitative estimate of drug-likeness (QED) is 0.102. The van der Waals surface area contributed by atoms with Crippen molar-refractivity contribution < 1.29 is 62.3 Å². The molecule has 0 saturated carbocycles. The molecule has 0 bridgehead atoms. The first-order chi connectivity index (χ1) is 43.1. The van der Waals surface area contributed by atoms with Crippen molar-refractivity contribution in [3.63, 3.8) is 0 Å². The fourth-order valence-corrected chi connectivity index (χ4v) is 12.7. The van der Waals surface area contributed by atoms with Crippen molar-refractivity contribution in [3.8, 4) is 79.4 Å². The highest BCUT2D eigenvalue weighted by atomic mass is 32.2. The minimum absolute atomic E-state index is 0.00591. The molecule has 26 heteroatoms. The molecule has 0 fully saturated rings. The molecule has 0 aliphatic carbocycles. The van der Waals surface area contributed by atoms with Crippen LogP contribution in [0.15, 0.2) is 136 Å². The SMILES string of the molecule is CNC(=O)c1c(-c2ccc(Cc3cc(F)c4cc5n(c4c3)COc3ccc(-c4cc6c(C(=O)NC)c(-c7ccc(C(F)F)nc7)oc6cc4N(C)S(C)(=O)=O)nc3-5)nc2)oc2cc(N(C)S(C)(=O)=O)c(-c3ccc4c(n3)-c3cc5c(F)cccc5n3CO4)cc12. The first-order valence-electron chi connectivity index (χ1n) is 27.7. The summed E-state index contributed by atoms with van der Waals surface area (Å²) >= 11 is 0. The molecule has 0 radical (unpaired) electrons. The van der Waals surface area contributed by atoms with Crippen molar-refractivity contribution in [1.82, 2.24) is 39.7 Å². The molecule has 2 amide bonds. The minimum atomic E-state index is -3.93. The van der Waals surface area contributed by atoms with Crippen LogP contribution in [0.5, 0.6) is 11.5 Å². The maximum atomic E-state index is 16.5. The fraction of sp³-hybridized carbons (Fsp3) is 0.156. The number of amides is 2. The van der Waals surface area contributed by atoms with Crippen LogP contribution in [0.4, 0.5) is 28.9 Å². The fourth-order valence-electron chi connectivity index (χ4n) is 11.7.